The number of carbonyl (C=O) groups excluding carboxylic acids is 1. The second-order valence-electron chi connectivity index (χ2n) is 6.85. The van der Waals surface area contributed by atoms with Gasteiger partial charge in [-0.15, -0.1) is 0 Å². The van der Waals surface area contributed by atoms with E-state index in [4.69, 9.17) is 0 Å². The molecule has 0 atom stereocenters. The molecule has 0 radical (unpaired) electrons. The van der Waals surface area contributed by atoms with Gasteiger partial charge in [0.05, 0.1) is 6.61 Å². The highest BCUT2D eigenvalue weighted by atomic mass is 16.3. The SMILES string of the molecule is CC1(C)C(C(=O)N(CCO)Cc2ccccc2)C1(C)C. The van der Waals surface area contributed by atoms with Gasteiger partial charge in [-0.1, -0.05) is 58.0 Å². The van der Waals surface area contributed by atoms with E-state index in [0.29, 0.717) is 13.1 Å². The van der Waals surface area contributed by atoms with Crippen molar-refractivity contribution in [3.8, 4) is 0 Å². The van der Waals surface area contributed by atoms with E-state index in [9.17, 15) is 9.90 Å². The maximum atomic E-state index is 12.7. The summed E-state index contributed by atoms with van der Waals surface area (Å²) < 4.78 is 0. The van der Waals surface area contributed by atoms with Gasteiger partial charge in [0.1, 0.15) is 0 Å². The van der Waals surface area contributed by atoms with Gasteiger partial charge in [-0.3, -0.25) is 4.79 Å². The van der Waals surface area contributed by atoms with Crippen molar-refractivity contribution in [3.05, 3.63) is 35.9 Å². The molecular weight excluding hydrogens is 250 g/mol. The van der Waals surface area contributed by atoms with Gasteiger partial charge in [0.25, 0.3) is 0 Å². The number of hydrogen-bond donors (Lipinski definition) is 1. The fourth-order valence-corrected chi connectivity index (χ4v) is 3.19. The lowest BCUT2D eigenvalue weighted by atomic mass is 10.0. The van der Waals surface area contributed by atoms with Crippen LogP contribution in [0.3, 0.4) is 0 Å². The fraction of sp³-hybridized carbons (Fsp3) is 0.588. The van der Waals surface area contributed by atoms with Crippen LogP contribution in [0.4, 0.5) is 0 Å². The molecule has 1 aliphatic carbocycles. The number of aliphatic hydroxyl groups excluding tert-OH is 1. The van der Waals surface area contributed by atoms with Crippen LogP contribution in [0.1, 0.15) is 33.3 Å². The Morgan fingerprint density at radius 2 is 1.70 bits per heavy atom. The molecule has 20 heavy (non-hydrogen) atoms. The van der Waals surface area contributed by atoms with Gasteiger partial charge in [-0.25, -0.2) is 0 Å². The smallest absolute Gasteiger partial charge is 0.227 e. The molecule has 0 heterocycles. The third-order valence-corrected chi connectivity index (χ3v) is 5.17. The molecule has 1 aliphatic rings. The van der Waals surface area contributed by atoms with Crippen molar-refractivity contribution in [2.24, 2.45) is 16.7 Å². The van der Waals surface area contributed by atoms with Crippen LogP contribution >= 0.6 is 0 Å². The Bertz CT molecular complexity index is 465. The summed E-state index contributed by atoms with van der Waals surface area (Å²) in [5, 5.41) is 9.23. The largest absolute Gasteiger partial charge is 0.395 e. The lowest BCUT2D eigenvalue weighted by Crippen LogP contribution is -2.35. The molecule has 0 aromatic heterocycles. The lowest BCUT2D eigenvalue weighted by Gasteiger charge is -2.23. The van der Waals surface area contributed by atoms with E-state index < -0.39 is 0 Å². The van der Waals surface area contributed by atoms with Crippen molar-refractivity contribution in [3.63, 3.8) is 0 Å². The minimum atomic E-state index is 0.00610. The number of aliphatic hydroxyl groups is 1. The van der Waals surface area contributed by atoms with Crippen LogP contribution in [0.15, 0.2) is 30.3 Å². The number of rotatable bonds is 5. The summed E-state index contributed by atoms with van der Waals surface area (Å²) in [5.41, 5.74) is 1.17. The van der Waals surface area contributed by atoms with Crippen LogP contribution < -0.4 is 0 Å². The normalized spacial score (nSPS) is 19.6. The number of benzene rings is 1. The highest BCUT2D eigenvalue weighted by molar-refractivity contribution is 5.84. The minimum absolute atomic E-state index is 0.00610. The highest BCUT2D eigenvalue weighted by Gasteiger charge is 2.68. The molecule has 3 heteroatoms. The van der Waals surface area contributed by atoms with Crippen molar-refractivity contribution < 1.29 is 9.90 Å². The highest BCUT2D eigenvalue weighted by Crippen LogP contribution is 2.68. The van der Waals surface area contributed by atoms with Crippen molar-refractivity contribution in [1.29, 1.82) is 0 Å². The quantitative estimate of drug-likeness (QED) is 0.897. The van der Waals surface area contributed by atoms with Crippen LogP contribution in [-0.4, -0.2) is 29.1 Å². The standard InChI is InChI=1S/C17H25NO2/c1-16(2)14(17(16,3)4)15(20)18(10-11-19)12-13-8-6-5-7-9-13/h5-9,14,19H,10-12H2,1-4H3. The summed E-state index contributed by atoms with van der Waals surface area (Å²) in [4.78, 5) is 14.5. The first kappa shape index (κ1) is 15.0. The van der Waals surface area contributed by atoms with Crippen molar-refractivity contribution >= 4 is 5.91 Å². The topological polar surface area (TPSA) is 40.5 Å². The third kappa shape index (κ3) is 2.47. The number of carbonyl (C=O) groups is 1. The van der Waals surface area contributed by atoms with E-state index in [-0.39, 0.29) is 29.3 Å². The summed E-state index contributed by atoms with van der Waals surface area (Å²) >= 11 is 0. The number of amides is 1. The minimum Gasteiger partial charge on any atom is -0.395 e. The Morgan fingerprint density at radius 3 is 2.15 bits per heavy atom. The van der Waals surface area contributed by atoms with E-state index >= 15 is 0 Å². The Kier molecular flexibility index (Phi) is 3.92. The maximum absolute atomic E-state index is 12.7. The van der Waals surface area contributed by atoms with Gasteiger partial charge < -0.3 is 10.0 Å². The van der Waals surface area contributed by atoms with Crippen molar-refractivity contribution in [2.45, 2.75) is 34.2 Å². The van der Waals surface area contributed by atoms with Gasteiger partial charge >= 0.3 is 0 Å². The molecule has 1 amide bonds. The van der Waals surface area contributed by atoms with Crippen LogP contribution in [0.25, 0.3) is 0 Å². The molecule has 110 valence electrons. The molecule has 2 rings (SSSR count). The average molecular weight is 275 g/mol. The second kappa shape index (κ2) is 5.21. The van der Waals surface area contributed by atoms with Crippen molar-refractivity contribution in [2.75, 3.05) is 13.2 Å². The Labute approximate surface area is 121 Å². The van der Waals surface area contributed by atoms with Crippen LogP contribution in [0.2, 0.25) is 0 Å². The van der Waals surface area contributed by atoms with E-state index in [1.807, 2.05) is 30.3 Å². The third-order valence-electron chi connectivity index (χ3n) is 5.17. The van der Waals surface area contributed by atoms with E-state index in [0.717, 1.165) is 5.56 Å². The monoisotopic (exact) mass is 275 g/mol. The zero-order chi connectivity index (χ0) is 15.0. The molecule has 0 spiro atoms. The first-order valence-electron chi connectivity index (χ1n) is 7.26. The number of hydrogen-bond acceptors (Lipinski definition) is 2. The molecular formula is C17H25NO2. The molecule has 0 bridgehead atoms. The first-order chi connectivity index (χ1) is 9.32. The zero-order valence-electron chi connectivity index (χ0n) is 12.9. The Morgan fingerprint density at radius 1 is 1.15 bits per heavy atom. The van der Waals surface area contributed by atoms with E-state index in [1.165, 1.54) is 0 Å². The number of nitrogens with zero attached hydrogens (tertiary/aromatic N) is 1. The Balaban J connectivity index is 2.12. The van der Waals surface area contributed by atoms with Crippen LogP contribution in [-0.2, 0) is 11.3 Å². The summed E-state index contributed by atoms with van der Waals surface area (Å²) in [6.07, 6.45) is 0. The summed E-state index contributed by atoms with van der Waals surface area (Å²) in [6.45, 7) is 9.57. The first-order valence-corrected chi connectivity index (χ1v) is 7.26. The second-order valence-corrected chi connectivity index (χ2v) is 6.85. The summed E-state index contributed by atoms with van der Waals surface area (Å²) in [7, 11) is 0. The predicted molar refractivity (Wildman–Crippen MR) is 80.0 cm³/mol. The summed E-state index contributed by atoms with van der Waals surface area (Å²) in [5.74, 6) is 0.211. The molecule has 1 aromatic carbocycles. The van der Waals surface area contributed by atoms with Crippen LogP contribution in [0, 0.1) is 16.7 Å². The molecule has 0 aliphatic heterocycles. The van der Waals surface area contributed by atoms with Crippen molar-refractivity contribution in [1.82, 2.24) is 4.90 Å². The zero-order valence-corrected chi connectivity index (χ0v) is 12.9. The fourth-order valence-electron chi connectivity index (χ4n) is 3.19. The maximum Gasteiger partial charge on any atom is 0.227 e. The average Bonchev–Trinajstić information content (AvgIpc) is 2.80. The van der Waals surface area contributed by atoms with Gasteiger partial charge in [0.15, 0.2) is 0 Å². The molecule has 0 saturated heterocycles. The van der Waals surface area contributed by atoms with Gasteiger partial charge in [-0.2, -0.15) is 0 Å². The van der Waals surface area contributed by atoms with Gasteiger partial charge in [-0.05, 0) is 16.4 Å². The van der Waals surface area contributed by atoms with Crippen LogP contribution in [0.5, 0.6) is 0 Å². The summed E-state index contributed by atoms with van der Waals surface area (Å²) in [6, 6.07) is 9.94. The predicted octanol–water partition coefficient (Wildman–Crippen LogP) is 2.69. The van der Waals surface area contributed by atoms with Gasteiger partial charge in [0.2, 0.25) is 5.91 Å². The Hall–Kier alpha value is -1.35. The molecule has 0 unspecified atom stereocenters. The lowest BCUT2D eigenvalue weighted by molar-refractivity contribution is -0.135. The molecule has 1 fully saturated rings. The van der Waals surface area contributed by atoms with E-state index in [2.05, 4.69) is 27.7 Å². The van der Waals surface area contributed by atoms with E-state index in [1.54, 1.807) is 4.90 Å². The molecule has 1 saturated carbocycles. The van der Waals surface area contributed by atoms with Gasteiger partial charge in [0, 0.05) is 19.0 Å². The molecule has 1 aromatic rings. The molecule has 3 nitrogen and oxygen atoms in total. The molecule has 1 N–H and O–H groups in total.